The molecule has 6 nitrogen and oxygen atoms in total. The predicted molar refractivity (Wildman–Crippen MR) is 69.7 cm³/mol. The molecule has 2 aromatic rings. The molecule has 0 spiro atoms. The van der Waals surface area contributed by atoms with Crippen LogP contribution in [0, 0.1) is 5.92 Å². The Morgan fingerprint density at radius 2 is 2.16 bits per heavy atom. The van der Waals surface area contributed by atoms with Crippen LogP contribution in [0.2, 0.25) is 0 Å². The zero-order chi connectivity index (χ0) is 13.2. The van der Waals surface area contributed by atoms with Gasteiger partial charge >= 0.3 is 5.97 Å². The summed E-state index contributed by atoms with van der Waals surface area (Å²) in [5, 5.41) is 12.1. The fourth-order valence-electron chi connectivity index (χ4n) is 2.15. The first-order valence-electron chi connectivity index (χ1n) is 6.28. The zero-order valence-electron chi connectivity index (χ0n) is 10.3. The Labute approximate surface area is 109 Å². The van der Waals surface area contributed by atoms with Gasteiger partial charge in [0.15, 0.2) is 5.65 Å². The van der Waals surface area contributed by atoms with Gasteiger partial charge in [0.2, 0.25) is 0 Å². The van der Waals surface area contributed by atoms with Crippen LogP contribution in [0.4, 0.5) is 5.82 Å². The number of aromatic nitrogens is 3. The minimum Gasteiger partial charge on any atom is -0.481 e. The van der Waals surface area contributed by atoms with Crippen molar-refractivity contribution in [3.63, 3.8) is 0 Å². The van der Waals surface area contributed by atoms with Gasteiger partial charge in [-0.05, 0) is 30.9 Å². The highest BCUT2D eigenvalue weighted by atomic mass is 16.4. The van der Waals surface area contributed by atoms with Crippen LogP contribution < -0.4 is 5.32 Å². The topological polar surface area (TPSA) is 88.0 Å². The van der Waals surface area contributed by atoms with E-state index in [-0.39, 0.29) is 12.5 Å². The molecule has 0 aromatic carbocycles. The van der Waals surface area contributed by atoms with E-state index >= 15 is 0 Å². The maximum absolute atomic E-state index is 10.9. The van der Waals surface area contributed by atoms with Crippen molar-refractivity contribution in [2.45, 2.75) is 25.3 Å². The van der Waals surface area contributed by atoms with Crippen molar-refractivity contribution in [3.05, 3.63) is 24.5 Å². The van der Waals surface area contributed by atoms with Crippen LogP contribution in [-0.4, -0.2) is 32.1 Å². The van der Waals surface area contributed by atoms with E-state index < -0.39 is 5.97 Å². The molecule has 0 aliphatic heterocycles. The molecule has 1 saturated carbocycles. The largest absolute Gasteiger partial charge is 0.481 e. The van der Waals surface area contributed by atoms with E-state index in [1.807, 2.05) is 12.1 Å². The van der Waals surface area contributed by atoms with E-state index in [0.717, 1.165) is 18.4 Å². The lowest BCUT2D eigenvalue weighted by Gasteiger charge is -2.16. The fraction of sp³-hybridized carbons (Fsp3) is 0.385. The van der Waals surface area contributed by atoms with Gasteiger partial charge in [0, 0.05) is 18.4 Å². The lowest BCUT2D eigenvalue weighted by atomic mass is 10.1. The number of carboxylic acid groups (broad SMARTS) is 1. The Hall–Kier alpha value is -2.24. The number of aliphatic carboxylic acids is 1. The Morgan fingerprint density at radius 1 is 1.37 bits per heavy atom. The molecule has 0 amide bonds. The first-order chi connectivity index (χ1) is 9.22. The quantitative estimate of drug-likeness (QED) is 0.848. The summed E-state index contributed by atoms with van der Waals surface area (Å²) in [6, 6.07) is 3.59. The average molecular weight is 258 g/mol. The molecule has 98 valence electrons. The highest BCUT2D eigenvalue weighted by Gasteiger charge is 2.32. The summed E-state index contributed by atoms with van der Waals surface area (Å²) in [4.78, 5) is 23.5. The maximum Gasteiger partial charge on any atom is 0.305 e. The van der Waals surface area contributed by atoms with Crippen LogP contribution in [0.1, 0.15) is 19.3 Å². The first-order valence-corrected chi connectivity index (χ1v) is 6.28. The molecule has 2 aromatic heterocycles. The van der Waals surface area contributed by atoms with Crippen molar-refractivity contribution in [1.82, 2.24) is 15.0 Å². The monoisotopic (exact) mass is 258 g/mol. The third-order valence-corrected chi connectivity index (χ3v) is 3.25. The zero-order valence-corrected chi connectivity index (χ0v) is 10.3. The summed E-state index contributed by atoms with van der Waals surface area (Å²) in [5.41, 5.74) is 1.30. The maximum atomic E-state index is 10.9. The average Bonchev–Trinajstić information content (AvgIpc) is 3.21. The van der Waals surface area contributed by atoms with Gasteiger partial charge in [-0.3, -0.25) is 9.78 Å². The molecule has 0 saturated heterocycles. The van der Waals surface area contributed by atoms with Gasteiger partial charge in [0.1, 0.15) is 11.3 Å². The van der Waals surface area contributed by atoms with E-state index in [4.69, 9.17) is 5.11 Å². The van der Waals surface area contributed by atoms with E-state index in [0.29, 0.717) is 17.4 Å². The number of hydrogen-bond donors (Lipinski definition) is 2. The van der Waals surface area contributed by atoms with Crippen LogP contribution in [0.15, 0.2) is 24.5 Å². The number of hydrogen-bond acceptors (Lipinski definition) is 5. The number of anilines is 1. The second-order valence-corrected chi connectivity index (χ2v) is 4.78. The van der Waals surface area contributed by atoms with Gasteiger partial charge in [-0.15, -0.1) is 0 Å². The van der Waals surface area contributed by atoms with Crippen LogP contribution in [0.3, 0.4) is 0 Å². The summed E-state index contributed by atoms with van der Waals surface area (Å²) in [5.74, 6) is 0.312. The summed E-state index contributed by atoms with van der Waals surface area (Å²) < 4.78 is 0. The van der Waals surface area contributed by atoms with Crippen molar-refractivity contribution in [2.75, 3.05) is 5.32 Å². The summed E-state index contributed by atoms with van der Waals surface area (Å²) >= 11 is 0. The molecule has 1 fully saturated rings. The molecular weight excluding hydrogens is 244 g/mol. The van der Waals surface area contributed by atoms with Crippen LogP contribution in [-0.2, 0) is 4.79 Å². The Morgan fingerprint density at radius 3 is 2.89 bits per heavy atom. The number of nitrogens with zero attached hydrogens (tertiary/aromatic N) is 3. The summed E-state index contributed by atoms with van der Waals surface area (Å²) in [6.07, 6.45) is 5.49. The van der Waals surface area contributed by atoms with Gasteiger partial charge in [0.25, 0.3) is 0 Å². The van der Waals surface area contributed by atoms with Crippen molar-refractivity contribution in [1.29, 1.82) is 0 Å². The normalized spacial score (nSPS) is 16.2. The second kappa shape index (κ2) is 4.79. The van der Waals surface area contributed by atoms with Crippen LogP contribution >= 0.6 is 0 Å². The Balaban J connectivity index is 1.80. The number of pyridine rings is 1. The molecule has 1 aliphatic rings. The standard InChI is InChI=1S/C13H14N4O2/c18-12(19)7-10(8-1-2-8)16-11-4-3-9-13(17-11)15-6-5-14-9/h3-6,8,10H,1-2,7H2,(H,18,19)(H,15,16,17). The molecule has 1 unspecified atom stereocenters. The third-order valence-electron chi connectivity index (χ3n) is 3.25. The number of rotatable bonds is 5. The van der Waals surface area contributed by atoms with Crippen molar-refractivity contribution in [3.8, 4) is 0 Å². The molecule has 19 heavy (non-hydrogen) atoms. The Kier molecular flexibility index (Phi) is 2.98. The molecule has 6 heteroatoms. The van der Waals surface area contributed by atoms with Crippen molar-refractivity contribution < 1.29 is 9.90 Å². The molecule has 3 rings (SSSR count). The summed E-state index contributed by atoms with van der Waals surface area (Å²) in [7, 11) is 0. The fourth-order valence-corrected chi connectivity index (χ4v) is 2.15. The van der Waals surface area contributed by atoms with Crippen LogP contribution in [0.5, 0.6) is 0 Å². The van der Waals surface area contributed by atoms with Gasteiger partial charge in [-0.1, -0.05) is 0 Å². The molecule has 2 N–H and O–H groups in total. The van der Waals surface area contributed by atoms with Gasteiger partial charge in [0.05, 0.1) is 6.42 Å². The minimum absolute atomic E-state index is 0.0564. The van der Waals surface area contributed by atoms with Gasteiger partial charge in [-0.2, -0.15) is 0 Å². The predicted octanol–water partition coefficient (Wildman–Crippen LogP) is 1.69. The smallest absolute Gasteiger partial charge is 0.305 e. The van der Waals surface area contributed by atoms with E-state index in [1.165, 1.54) is 0 Å². The molecular formula is C13H14N4O2. The third kappa shape index (κ3) is 2.78. The molecule has 1 atom stereocenters. The lowest BCUT2D eigenvalue weighted by molar-refractivity contribution is -0.137. The number of fused-ring (bicyclic) bond motifs is 1. The van der Waals surface area contributed by atoms with E-state index in [1.54, 1.807) is 12.4 Å². The SMILES string of the molecule is O=C(O)CC(Nc1ccc2nccnc2n1)C1CC1. The van der Waals surface area contributed by atoms with E-state index in [2.05, 4.69) is 20.3 Å². The Bertz CT molecular complexity index is 612. The van der Waals surface area contributed by atoms with Gasteiger partial charge < -0.3 is 10.4 Å². The first kappa shape index (κ1) is 11.8. The number of carboxylic acids is 1. The lowest BCUT2D eigenvalue weighted by Crippen LogP contribution is -2.25. The molecule has 0 radical (unpaired) electrons. The number of nitrogens with one attached hydrogen (secondary N) is 1. The highest BCUT2D eigenvalue weighted by molar-refractivity contribution is 5.72. The van der Waals surface area contributed by atoms with Crippen molar-refractivity contribution >= 4 is 23.0 Å². The van der Waals surface area contributed by atoms with Gasteiger partial charge in [-0.25, -0.2) is 9.97 Å². The number of carbonyl (C=O) groups is 1. The molecule has 2 heterocycles. The van der Waals surface area contributed by atoms with E-state index in [9.17, 15) is 4.79 Å². The van der Waals surface area contributed by atoms with Crippen molar-refractivity contribution in [2.24, 2.45) is 5.92 Å². The minimum atomic E-state index is -0.787. The molecule has 0 bridgehead atoms. The summed E-state index contributed by atoms with van der Waals surface area (Å²) in [6.45, 7) is 0. The molecule has 1 aliphatic carbocycles. The highest BCUT2D eigenvalue weighted by Crippen LogP contribution is 2.35. The van der Waals surface area contributed by atoms with Crippen LogP contribution in [0.25, 0.3) is 11.2 Å². The second-order valence-electron chi connectivity index (χ2n) is 4.78.